The second kappa shape index (κ2) is 23.8. The van der Waals surface area contributed by atoms with Gasteiger partial charge in [0, 0.05) is 5.56 Å². The van der Waals surface area contributed by atoms with E-state index in [1.165, 1.54) is 30.7 Å². The van der Waals surface area contributed by atoms with Crippen LogP contribution in [0.2, 0.25) is 0 Å². The molecule has 0 fully saturated rings. The number of aromatic hydroxyl groups is 1. The molecule has 0 aliphatic carbocycles. The second-order valence-electron chi connectivity index (χ2n) is 12.6. The zero-order valence-electron chi connectivity index (χ0n) is 30.7. The number of para-hydroxylation sites is 2. The zero-order chi connectivity index (χ0) is 38.0. The Labute approximate surface area is 345 Å². The third-order valence-electron chi connectivity index (χ3n) is 8.43. The van der Waals surface area contributed by atoms with Crippen LogP contribution < -0.4 is 14.6 Å². The topological polar surface area (TPSA) is 173 Å². The zero-order valence-corrected chi connectivity index (χ0v) is 34.5. The normalized spacial score (nSPS) is 11.2. The van der Waals surface area contributed by atoms with Crippen LogP contribution in [0.1, 0.15) is 102 Å². The van der Waals surface area contributed by atoms with Gasteiger partial charge in [0.15, 0.2) is 11.5 Å². The Kier molecular flexibility index (Phi) is 20.8. The molecule has 4 aromatic rings. The van der Waals surface area contributed by atoms with Gasteiger partial charge >= 0.3 is 37.7 Å². The molecule has 53 heavy (non-hydrogen) atoms. The van der Waals surface area contributed by atoms with E-state index in [1.54, 1.807) is 48.5 Å². The number of phenols is 1. The van der Waals surface area contributed by atoms with Crippen molar-refractivity contribution in [2.45, 2.75) is 114 Å². The number of benzene rings is 4. The van der Waals surface area contributed by atoms with Crippen molar-refractivity contribution in [3.05, 3.63) is 96.1 Å². The number of ether oxygens (including phenoxy) is 2. The summed E-state index contributed by atoms with van der Waals surface area (Å²) in [6.45, 7) is 4.28. The van der Waals surface area contributed by atoms with Gasteiger partial charge in [0.05, 0.1) is 4.90 Å². The number of phenolic OH excluding ortho intramolecular Hbond substituents is 1. The molecule has 0 spiro atoms. The summed E-state index contributed by atoms with van der Waals surface area (Å²) in [4.78, 5) is -0.694. The third kappa shape index (κ3) is 15.8. The Morgan fingerprint density at radius 1 is 0.566 bits per heavy atom. The Hall–Kier alpha value is -2.84. The molecule has 0 bridgehead atoms. The molecule has 0 aromatic heterocycles. The molecule has 0 radical (unpaired) electrons. The first-order valence-electron chi connectivity index (χ1n) is 17.9. The summed E-state index contributed by atoms with van der Waals surface area (Å²) in [5.41, 5.74) is 0.236. The molecule has 0 atom stereocenters. The Morgan fingerprint density at radius 3 is 1.45 bits per heavy atom. The van der Waals surface area contributed by atoms with E-state index in [0.29, 0.717) is 24.3 Å². The Bertz CT molecular complexity index is 1750. The van der Waals surface area contributed by atoms with Crippen LogP contribution in [0, 0.1) is 0 Å². The molecule has 0 saturated heterocycles. The van der Waals surface area contributed by atoms with Crippen LogP contribution in [-0.4, -0.2) is 68.8 Å². The predicted octanol–water partition coefficient (Wildman–Crippen LogP) is 9.31. The van der Waals surface area contributed by atoms with Crippen LogP contribution in [0.4, 0.5) is 0 Å². The first-order chi connectivity index (χ1) is 24.9. The molecule has 0 heterocycles. The standard InChI is InChI=1S/2C20H26O5S.Ca/c2*1-2-3-4-5-6-10-13-17-19(26(22,23)24)15-14-18(20(17)21)25-16-11-8-7-9-12-16;/h2*7-9,11-12,14-15,21H,2-6,10,13H2,1H3,(H,22,23,24);/q;;+2/p-2. The maximum absolute atomic E-state index is 12.7. The number of unbranched alkanes of at least 4 members (excludes halogenated alkanes) is 10. The summed E-state index contributed by atoms with van der Waals surface area (Å²) in [6.07, 6.45) is 12.8. The van der Waals surface area contributed by atoms with Crippen molar-refractivity contribution in [3.63, 3.8) is 0 Å². The maximum Gasteiger partial charge on any atom is 2.00 e. The summed E-state index contributed by atoms with van der Waals surface area (Å²) in [5.74, 6) is 0.451. The van der Waals surface area contributed by atoms with E-state index in [9.17, 15) is 36.2 Å². The van der Waals surface area contributed by atoms with Crippen LogP contribution >= 0.6 is 0 Å². The molecule has 4 aromatic carbocycles. The minimum atomic E-state index is -4.70. The Balaban J connectivity index is 0.000000360. The monoisotopic (exact) mass is 794 g/mol. The van der Waals surface area contributed by atoms with Gasteiger partial charge in [0.2, 0.25) is 0 Å². The molecule has 0 unspecified atom stereocenters. The first-order valence-corrected chi connectivity index (χ1v) is 20.8. The van der Waals surface area contributed by atoms with Gasteiger partial charge in [0.25, 0.3) is 10.1 Å². The fourth-order valence-corrected chi connectivity index (χ4v) is 7.18. The van der Waals surface area contributed by atoms with Crippen LogP contribution in [0.3, 0.4) is 0 Å². The molecule has 10 nitrogen and oxygen atoms in total. The molecule has 2 N–H and O–H groups in total. The van der Waals surface area contributed by atoms with Gasteiger partial charge in [0.1, 0.15) is 32.3 Å². The quantitative estimate of drug-likeness (QED) is 0.0499. The molecule has 0 amide bonds. The van der Waals surface area contributed by atoms with E-state index in [0.717, 1.165) is 64.2 Å². The van der Waals surface area contributed by atoms with Gasteiger partial charge in [-0.25, -0.2) is 8.42 Å². The van der Waals surface area contributed by atoms with Crippen molar-refractivity contribution in [1.82, 2.24) is 0 Å². The van der Waals surface area contributed by atoms with Gasteiger partial charge in [-0.2, -0.15) is 8.42 Å². The van der Waals surface area contributed by atoms with Crippen LogP contribution in [-0.2, 0) is 33.1 Å². The van der Waals surface area contributed by atoms with E-state index in [1.807, 2.05) is 12.1 Å². The Morgan fingerprint density at radius 2 is 0.981 bits per heavy atom. The average molecular weight is 795 g/mol. The number of hydrogen-bond acceptors (Lipinski definition) is 9. The minimum absolute atomic E-state index is 0. The van der Waals surface area contributed by atoms with E-state index < -0.39 is 30.9 Å². The van der Waals surface area contributed by atoms with Crippen LogP contribution in [0.25, 0.3) is 0 Å². The van der Waals surface area contributed by atoms with Crippen molar-refractivity contribution in [3.8, 4) is 34.5 Å². The summed E-state index contributed by atoms with van der Waals surface area (Å²) < 4.78 is 78.5. The first kappa shape index (κ1) is 46.3. The van der Waals surface area contributed by atoms with E-state index in [4.69, 9.17) is 9.47 Å². The molecular formula is C40H50CaO10S2. The maximum atomic E-state index is 12.7. The van der Waals surface area contributed by atoms with E-state index in [2.05, 4.69) is 13.8 Å². The van der Waals surface area contributed by atoms with Gasteiger partial charge in [-0.05, 0) is 79.8 Å². The number of rotatable bonds is 20. The average Bonchev–Trinajstić information content (AvgIpc) is 3.11. The molecular weight excluding hydrogens is 745 g/mol. The van der Waals surface area contributed by atoms with Gasteiger partial charge in [-0.3, -0.25) is 4.55 Å². The second-order valence-corrected chi connectivity index (χ2v) is 15.3. The van der Waals surface area contributed by atoms with Gasteiger partial charge in [-0.1, -0.05) is 120 Å². The van der Waals surface area contributed by atoms with Crippen molar-refractivity contribution in [2.75, 3.05) is 0 Å². The molecule has 0 aliphatic rings. The predicted molar refractivity (Wildman–Crippen MR) is 205 cm³/mol. The number of hydrogen-bond donors (Lipinski definition) is 2. The molecule has 284 valence electrons. The fraction of sp³-hybridized carbons (Fsp3) is 0.400. The largest absolute Gasteiger partial charge is 2.00 e. The fourth-order valence-electron chi connectivity index (χ4n) is 5.70. The molecule has 4 rings (SSSR count). The summed E-state index contributed by atoms with van der Waals surface area (Å²) >= 11 is 0. The summed E-state index contributed by atoms with van der Waals surface area (Å²) in [7, 11) is -9.11. The minimum Gasteiger partial charge on any atom is -0.870 e. The van der Waals surface area contributed by atoms with Gasteiger partial charge in [-0.15, -0.1) is 0 Å². The van der Waals surface area contributed by atoms with Crippen LogP contribution in [0.5, 0.6) is 34.5 Å². The molecule has 0 aliphatic heterocycles. The summed E-state index contributed by atoms with van der Waals surface area (Å²) in [6, 6.07) is 22.8. The molecule has 13 heteroatoms. The summed E-state index contributed by atoms with van der Waals surface area (Å²) in [5, 5.41) is 23.2. The van der Waals surface area contributed by atoms with E-state index in [-0.39, 0.29) is 77.4 Å². The van der Waals surface area contributed by atoms with Crippen molar-refractivity contribution < 1.29 is 45.6 Å². The van der Waals surface area contributed by atoms with Gasteiger partial charge < -0.3 is 24.2 Å². The van der Waals surface area contributed by atoms with Crippen molar-refractivity contribution >= 4 is 58.0 Å². The molecule has 0 saturated carbocycles. The smallest absolute Gasteiger partial charge is 0.870 e. The third-order valence-corrected chi connectivity index (χ3v) is 10.3. The SMILES string of the molecule is CCCCCCCCc1c(S(=O)(=O)O)ccc(Oc2ccccc2)c1O.CCCCCCCCc1c(S(=O)(=O)[O-])ccc(Oc2ccccc2)c1[O-].[Ca+2]. The van der Waals surface area contributed by atoms with Crippen LogP contribution in [0.15, 0.2) is 94.7 Å². The van der Waals surface area contributed by atoms with Crippen molar-refractivity contribution in [1.29, 1.82) is 0 Å². The van der Waals surface area contributed by atoms with Crippen molar-refractivity contribution in [2.24, 2.45) is 0 Å². The van der Waals surface area contributed by atoms with E-state index >= 15 is 0 Å².